The average molecular weight is 353 g/mol. The van der Waals surface area contributed by atoms with Crippen molar-refractivity contribution in [3.05, 3.63) is 71.4 Å². The number of rotatable bonds is 7. The van der Waals surface area contributed by atoms with Crippen LogP contribution in [0.2, 0.25) is 0 Å². The zero-order valence-corrected chi connectivity index (χ0v) is 14.0. The van der Waals surface area contributed by atoms with Gasteiger partial charge in [-0.3, -0.25) is 9.59 Å². The van der Waals surface area contributed by atoms with Crippen molar-refractivity contribution in [1.82, 2.24) is 10.6 Å². The van der Waals surface area contributed by atoms with E-state index in [1.54, 1.807) is 54.6 Å². The van der Waals surface area contributed by atoms with Gasteiger partial charge in [-0.1, -0.05) is 42.5 Å². The Morgan fingerprint density at radius 3 is 2.35 bits per heavy atom. The largest absolute Gasteiger partial charge is 0.548 e. The third-order valence-corrected chi connectivity index (χ3v) is 3.35. The quantitative estimate of drug-likeness (QED) is 0.698. The first-order chi connectivity index (χ1) is 12.5. The molecule has 0 unspecified atom stereocenters. The summed E-state index contributed by atoms with van der Waals surface area (Å²) in [6.07, 6.45) is 1.44. The minimum atomic E-state index is -1.44. The molecule has 7 nitrogen and oxygen atoms in total. The Bertz CT molecular complexity index is 831. The molecule has 2 rings (SSSR count). The van der Waals surface area contributed by atoms with Crippen molar-refractivity contribution in [3.63, 3.8) is 0 Å². The van der Waals surface area contributed by atoms with Gasteiger partial charge in [-0.15, -0.1) is 0 Å². The van der Waals surface area contributed by atoms with E-state index in [1.807, 2.05) is 0 Å². The molecule has 0 aliphatic heterocycles. The van der Waals surface area contributed by atoms with Crippen LogP contribution in [-0.4, -0.2) is 31.4 Å². The first-order valence-corrected chi connectivity index (χ1v) is 7.70. The minimum absolute atomic E-state index is 0.103. The van der Waals surface area contributed by atoms with E-state index in [2.05, 4.69) is 10.6 Å². The first-order valence-electron chi connectivity index (χ1n) is 7.70. The van der Waals surface area contributed by atoms with Gasteiger partial charge in [-0.2, -0.15) is 0 Å². The van der Waals surface area contributed by atoms with Crippen LogP contribution < -0.4 is 20.5 Å². The summed E-state index contributed by atoms with van der Waals surface area (Å²) in [5.74, 6) is -2.40. The van der Waals surface area contributed by atoms with E-state index in [4.69, 9.17) is 4.74 Å². The Morgan fingerprint density at radius 1 is 1.04 bits per heavy atom. The number of para-hydroxylation sites is 1. The number of nitrogens with one attached hydrogen (secondary N) is 2. The Labute approximate surface area is 150 Å². The number of carbonyl (C=O) groups is 3. The predicted molar refractivity (Wildman–Crippen MR) is 92.9 cm³/mol. The van der Waals surface area contributed by atoms with Crippen LogP contribution in [-0.2, 0) is 9.59 Å². The van der Waals surface area contributed by atoms with Crippen molar-refractivity contribution in [2.24, 2.45) is 0 Å². The molecule has 7 heteroatoms. The predicted octanol–water partition coefficient (Wildman–Crippen LogP) is 0.332. The number of methoxy groups -OCH3 is 1. The van der Waals surface area contributed by atoms with Gasteiger partial charge in [0.05, 0.1) is 25.2 Å². The maximum absolute atomic E-state index is 12.5. The minimum Gasteiger partial charge on any atom is -0.548 e. The fourth-order valence-electron chi connectivity index (χ4n) is 2.14. The van der Waals surface area contributed by atoms with E-state index in [-0.39, 0.29) is 11.3 Å². The SMILES string of the molecule is COc1ccccc1C(=O)N/C(=C\c1ccccc1)C(=O)NCC(=O)[O-]. The van der Waals surface area contributed by atoms with Crippen molar-refractivity contribution >= 4 is 23.9 Å². The van der Waals surface area contributed by atoms with Gasteiger partial charge >= 0.3 is 0 Å². The zero-order chi connectivity index (χ0) is 18.9. The standard InChI is InChI=1S/C19H18N2O5/c1-26-16-10-6-5-9-14(16)18(24)21-15(19(25)20-12-17(22)23)11-13-7-3-2-4-8-13/h2-11H,12H2,1H3,(H,20,25)(H,21,24)(H,22,23)/p-1/b15-11-. The fraction of sp³-hybridized carbons (Fsp3) is 0.105. The molecule has 0 atom stereocenters. The molecule has 0 saturated carbocycles. The Kier molecular flexibility index (Phi) is 6.50. The number of benzene rings is 2. The van der Waals surface area contributed by atoms with Gasteiger partial charge in [-0.25, -0.2) is 0 Å². The molecule has 26 heavy (non-hydrogen) atoms. The Morgan fingerprint density at radius 2 is 1.69 bits per heavy atom. The topological polar surface area (TPSA) is 108 Å². The lowest BCUT2D eigenvalue weighted by atomic mass is 10.1. The highest BCUT2D eigenvalue weighted by Crippen LogP contribution is 2.17. The lowest BCUT2D eigenvalue weighted by molar-refractivity contribution is -0.303. The van der Waals surface area contributed by atoms with E-state index in [0.717, 1.165) is 0 Å². The summed E-state index contributed by atoms with van der Waals surface area (Å²) >= 11 is 0. The fourth-order valence-corrected chi connectivity index (χ4v) is 2.14. The molecule has 0 aliphatic rings. The highest BCUT2D eigenvalue weighted by molar-refractivity contribution is 6.06. The van der Waals surface area contributed by atoms with Crippen LogP contribution >= 0.6 is 0 Å². The Balaban J connectivity index is 2.28. The molecule has 0 spiro atoms. The number of carbonyl (C=O) groups excluding carboxylic acids is 3. The third-order valence-electron chi connectivity index (χ3n) is 3.35. The maximum atomic E-state index is 12.5. The van der Waals surface area contributed by atoms with Crippen LogP contribution in [0.4, 0.5) is 0 Å². The summed E-state index contributed by atoms with van der Waals surface area (Å²) in [5, 5.41) is 15.2. The van der Waals surface area contributed by atoms with E-state index in [0.29, 0.717) is 11.3 Å². The normalized spacial score (nSPS) is 10.7. The monoisotopic (exact) mass is 353 g/mol. The molecule has 0 heterocycles. The summed E-state index contributed by atoms with van der Waals surface area (Å²) in [7, 11) is 1.43. The van der Waals surface area contributed by atoms with Crippen LogP contribution in [0, 0.1) is 0 Å². The number of ether oxygens (including phenoxy) is 1. The van der Waals surface area contributed by atoms with Gasteiger partial charge in [0, 0.05) is 0 Å². The van der Waals surface area contributed by atoms with E-state index in [1.165, 1.54) is 13.2 Å². The van der Waals surface area contributed by atoms with E-state index in [9.17, 15) is 19.5 Å². The lowest BCUT2D eigenvalue weighted by Crippen LogP contribution is -2.41. The van der Waals surface area contributed by atoms with Gasteiger partial charge in [0.25, 0.3) is 11.8 Å². The van der Waals surface area contributed by atoms with Crippen molar-refractivity contribution in [2.45, 2.75) is 0 Å². The van der Waals surface area contributed by atoms with Crippen molar-refractivity contribution in [3.8, 4) is 5.75 Å². The smallest absolute Gasteiger partial charge is 0.268 e. The molecular weight excluding hydrogens is 336 g/mol. The third kappa shape index (κ3) is 5.20. The molecular formula is C19H17N2O5-. The number of carboxylic acid groups (broad SMARTS) is 1. The van der Waals surface area contributed by atoms with Gasteiger partial charge in [0.15, 0.2) is 0 Å². The molecule has 2 amide bonds. The van der Waals surface area contributed by atoms with Gasteiger partial charge < -0.3 is 25.3 Å². The summed E-state index contributed by atoms with van der Waals surface area (Å²) in [6, 6.07) is 15.4. The van der Waals surface area contributed by atoms with Crippen LogP contribution in [0.25, 0.3) is 6.08 Å². The highest BCUT2D eigenvalue weighted by atomic mass is 16.5. The van der Waals surface area contributed by atoms with Crippen LogP contribution in [0.3, 0.4) is 0 Å². The molecule has 2 aromatic carbocycles. The molecule has 0 bridgehead atoms. The van der Waals surface area contributed by atoms with Crippen LogP contribution in [0.1, 0.15) is 15.9 Å². The highest BCUT2D eigenvalue weighted by Gasteiger charge is 2.17. The molecule has 0 fully saturated rings. The number of hydrogen-bond donors (Lipinski definition) is 2. The Hall–Kier alpha value is -3.61. The molecule has 134 valence electrons. The second-order valence-electron chi connectivity index (χ2n) is 5.18. The van der Waals surface area contributed by atoms with E-state index < -0.39 is 24.3 Å². The maximum Gasteiger partial charge on any atom is 0.268 e. The summed E-state index contributed by atoms with van der Waals surface area (Å²) in [6.45, 7) is -0.671. The number of aliphatic carboxylic acids is 1. The molecule has 0 aliphatic carbocycles. The summed E-state index contributed by atoms with van der Waals surface area (Å²) < 4.78 is 5.14. The van der Waals surface area contributed by atoms with E-state index >= 15 is 0 Å². The number of carboxylic acids is 1. The van der Waals surface area contributed by atoms with Crippen molar-refractivity contribution in [2.75, 3.05) is 13.7 Å². The second-order valence-corrected chi connectivity index (χ2v) is 5.18. The molecule has 0 aromatic heterocycles. The average Bonchev–Trinajstić information content (AvgIpc) is 2.66. The summed E-state index contributed by atoms with van der Waals surface area (Å²) in [4.78, 5) is 35.3. The first kappa shape index (κ1) is 18.7. The van der Waals surface area contributed by atoms with Crippen molar-refractivity contribution < 1.29 is 24.2 Å². The lowest BCUT2D eigenvalue weighted by Gasteiger charge is -2.13. The zero-order valence-electron chi connectivity index (χ0n) is 14.0. The van der Waals surface area contributed by atoms with Gasteiger partial charge in [0.1, 0.15) is 11.4 Å². The molecule has 2 aromatic rings. The van der Waals surface area contributed by atoms with Crippen LogP contribution in [0.5, 0.6) is 5.75 Å². The molecule has 0 radical (unpaired) electrons. The van der Waals surface area contributed by atoms with Gasteiger partial charge in [0.2, 0.25) is 0 Å². The number of hydrogen-bond acceptors (Lipinski definition) is 5. The second kappa shape index (κ2) is 9.03. The molecule has 2 N–H and O–H groups in total. The summed E-state index contributed by atoms with van der Waals surface area (Å²) in [5.41, 5.74) is 0.793. The van der Waals surface area contributed by atoms with Crippen LogP contribution in [0.15, 0.2) is 60.3 Å². The molecule has 0 saturated heterocycles. The van der Waals surface area contributed by atoms with Gasteiger partial charge in [-0.05, 0) is 23.8 Å². The van der Waals surface area contributed by atoms with Crippen molar-refractivity contribution in [1.29, 1.82) is 0 Å². The number of amides is 2.